The van der Waals surface area contributed by atoms with Crippen molar-refractivity contribution in [2.75, 3.05) is 47.0 Å². The number of ether oxygens (including phenoxy) is 2. The van der Waals surface area contributed by atoms with Gasteiger partial charge in [-0.2, -0.15) is 0 Å². The number of hydrogen-bond acceptors (Lipinski definition) is 5. The van der Waals surface area contributed by atoms with Gasteiger partial charge in [0, 0.05) is 45.4 Å². The molecule has 1 fully saturated rings. The van der Waals surface area contributed by atoms with Crippen LogP contribution >= 0.6 is 11.6 Å². The first-order valence-corrected chi connectivity index (χ1v) is 9.47. The number of aliphatic hydroxyl groups excluding tert-OH is 1. The lowest BCUT2D eigenvalue weighted by atomic mass is 10.1. The molecule has 5 nitrogen and oxygen atoms in total. The second kappa shape index (κ2) is 10.2. The van der Waals surface area contributed by atoms with Gasteiger partial charge >= 0.3 is 0 Å². The third-order valence-corrected chi connectivity index (χ3v) is 5.26. The number of nitrogens with zero attached hydrogens (tertiary/aromatic N) is 2. The fourth-order valence-electron chi connectivity index (χ4n) is 3.36. The predicted octanol–water partition coefficient (Wildman–Crippen LogP) is 3.19. The summed E-state index contributed by atoms with van der Waals surface area (Å²) in [5.41, 5.74) is 2.36. The van der Waals surface area contributed by atoms with Gasteiger partial charge in [0.1, 0.15) is 0 Å². The molecule has 1 aromatic rings. The molecule has 0 radical (unpaired) electrons. The van der Waals surface area contributed by atoms with Crippen LogP contribution in [-0.4, -0.2) is 68.0 Å². The Morgan fingerprint density at radius 2 is 2.04 bits per heavy atom. The lowest BCUT2D eigenvalue weighted by molar-refractivity contribution is 0.0636. The van der Waals surface area contributed by atoms with Crippen molar-refractivity contribution in [3.63, 3.8) is 0 Å². The van der Waals surface area contributed by atoms with Gasteiger partial charge in [-0.25, -0.2) is 0 Å². The van der Waals surface area contributed by atoms with Crippen LogP contribution in [0, 0.1) is 0 Å². The SMILES string of the molecule is COc1ccc(CN2CCN(CC=C(C)C)[C@H](CCO)C2)c(Cl)c1OC. The number of allylic oxidation sites excluding steroid dienone is 1. The van der Waals surface area contributed by atoms with E-state index in [4.69, 9.17) is 21.1 Å². The summed E-state index contributed by atoms with van der Waals surface area (Å²) < 4.78 is 10.7. The number of rotatable bonds is 8. The summed E-state index contributed by atoms with van der Waals surface area (Å²) in [7, 11) is 3.21. The Hall–Kier alpha value is -1.27. The van der Waals surface area contributed by atoms with E-state index in [1.54, 1.807) is 14.2 Å². The molecule has 1 aromatic carbocycles. The number of halogens is 1. The Morgan fingerprint density at radius 1 is 1.27 bits per heavy atom. The molecular formula is C20H31ClN2O3. The summed E-state index contributed by atoms with van der Waals surface area (Å²) in [6, 6.07) is 4.25. The van der Waals surface area contributed by atoms with Gasteiger partial charge in [0.25, 0.3) is 0 Å². The van der Waals surface area contributed by atoms with E-state index in [1.807, 2.05) is 12.1 Å². The summed E-state index contributed by atoms with van der Waals surface area (Å²) in [4.78, 5) is 4.85. The molecule has 6 heteroatoms. The zero-order valence-electron chi connectivity index (χ0n) is 16.3. The highest BCUT2D eigenvalue weighted by Crippen LogP contribution is 2.37. The topological polar surface area (TPSA) is 45.2 Å². The molecule has 0 bridgehead atoms. The van der Waals surface area contributed by atoms with Crippen LogP contribution in [0.1, 0.15) is 25.8 Å². The van der Waals surface area contributed by atoms with Crippen molar-refractivity contribution in [2.24, 2.45) is 0 Å². The zero-order chi connectivity index (χ0) is 19.1. The Balaban J connectivity index is 2.08. The van der Waals surface area contributed by atoms with Crippen LogP contribution in [0.3, 0.4) is 0 Å². The third-order valence-electron chi connectivity index (χ3n) is 4.84. The molecule has 0 aliphatic carbocycles. The van der Waals surface area contributed by atoms with Gasteiger partial charge in [0.05, 0.1) is 19.2 Å². The van der Waals surface area contributed by atoms with Crippen LogP contribution in [0.25, 0.3) is 0 Å². The first-order chi connectivity index (χ1) is 12.5. The zero-order valence-corrected chi connectivity index (χ0v) is 17.1. The van der Waals surface area contributed by atoms with E-state index >= 15 is 0 Å². The number of piperazine rings is 1. The molecule has 1 aliphatic rings. The minimum Gasteiger partial charge on any atom is -0.493 e. The Morgan fingerprint density at radius 3 is 2.65 bits per heavy atom. The maximum atomic E-state index is 9.45. The van der Waals surface area contributed by atoms with E-state index in [-0.39, 0.29) is 6.61 Å². The van der Waals surface area contributed by atoms with Gasteiger partial charge in [-0.05, 0) is 31.9 Å². The first kappa shape index (κ1) is 21.0. The van der Waals surface area contributed by atoms with Crippen molar-refractivity contribution in [2.45, 2.75) is 32.9 Å². The van der Waals surface area contributed by atoms with E-state index in [9.17, 15) is 5.11 Å². The van der Waals surface area contributed by atoms with Crippen LogP contribution in [0.2, 0.25) is 5.02 Å². The second-order valence-electron chi connectivity index (χ2n) is 6.95. The molecule has 0 unspecified atom stereocenters. The Labute approximate surface area is 162 Å². The molecular weight excluding hydrogens is 352 g/mol. The lowest BCUT2D eigenvalue weighted by Gasteiger charge is -2.41. The maximum absolute atomic E-state index is 9.45. The first-order valence-electron chi connectivity index (χ1n) is 9.10. The quantitative estimate of drug-likeness (QED) is 0.699. The van der Waals surface area contributed by atoms with Crippen molar-refractivity contribution in [1.29, 1.82) is 0 Å². The minimum absolute atomic E-state index is 0.209. The van der Waals surface area contributed by atoms with Crippen molar-refractivity contribution < 1.29 is 14.6 Å². The predicted molar refractivity (Wildman–Crippen MR) is 106 cm³/mol. The fraction of sp³-hybridized carbons (Fsp3) is 0.600. The molecule has 0 saturated carbocycles. The van der Waals surface area contributed by atoms with E-state index in [0.717, 1.165) is 44.7 Å². The standard InChI is InChI=1S/C20H31ClN2O3/c1-15(2)7-9-23-11-10-22(14-17(23)8-12-24)13-16-5-6-18(25-3)20(26-4)19(16)21/h5-7,17,24H,8-14H2,1-4H3/t17-/m1/s1. The van der Waals surface area contributed by atoms with Crippen LogP contribution in [0.5, 0.6) is 11.5 Å². The molecule has 0 amide bonds. The van der Waals surface area contributed by atoms with Gasteiger partial charge in [-0.1, -0.05) is 29.3 Å². The van der Waals surface area contributed by atoms with Gasteiger partial charge in [-0.3, -0.25) is 9.80 Å². The summed E-state index contributed by atoms with van der Waals surface area (Å²) in [6.45, 7) is 9.04. The fourth-order valence-corrected chi connectivity index (χ4v) is 3.65. The molecule has 26 heavy (non-hydrogen) atoms. The molecule has 0 spiro atoms. The van der Waals surface area contributed by atoms with Crippen LogP contribution in [0.15, 0.2) is 23.8 Å². The molecule has 0 aromatic heterocycles. The third kappa shape index (κ3) is 5.36. The van der Waals surface area contributed by atoms with Crippen LogP contribution < -0.4 is 9.47 Å². The molecule has 2 rings (SSSR count). The van der Waals surface area contributed by atoms with E-state index in [1.165, 1.54) is 5.57 Å². The van der Waals surface area contributed by atoms with Crippen molar-refractivity contribution >= 4 is 11.6 Å². The summed E-state index contributed by atoms with van der Waals surface area (Å²) in [5.74, 6) is 1.23. The van der Waals surface area contributed by atoms with Crippen molar-refractivity contribution in [3.8, 4) is 11.5 Å². The molecule has 146 valence electrons. The second-order valence-corrected chi connectivity index (χ2v) is 7.33. The Bertz CT molecular complexity index is 617. The van der Waals surface area contributed by atoms with Gasteiger partial charge < -0.3 is 14.6 Å². The highest BCUT2D eigenvalue weighted by molar-refractivity contribution is 6.33. The molecule has 1 atom stereocenters. The minimum atomic E-state index is 0.209. The average Bonchev–Trinajstić information content (AvgIpc) is 2.62. The monoisotopic (exact) mass is 382 g/mol. The van der Waals surface area contributed by atoms with E-state index in [0.29, 0.717) is 22.6 Å². The molecule has 1 saturated heterocycles. The number of methoxy groups -OCH3 is 2. The van der Waals surface area contributed by atoms with Crippen molar-refractivity contribution in [3.05, 3.63) is 34.4 Å². The summed E-state index contributed by atoms with van der Waals surface area (Å²) in [6.07, 6.45) is 3.04. The van der Waals surface area contributed by atoms with E-state index in [2.05, 4.69) is 29.7 Å². The lowest BCUT2D eigenvalue weighted by Crippen LogP contribution is -2.53. The normalized spacial score (nSPS) is 18.6. The van der Waals surface area contributed by atoms with Crippen LogP contribution in [-0.2, 0) is 6.54 Å². The number of benzene rings is 1. The highest BCUT2D eigenvalue weighted by Gasteiger charge is 2.26. The largest absolute Gasteiger partial charge is 0.493 e. The smallest absolute Gasteiger partial charge is 0.179 e. The number of hydrogen-bond donors (Lipinski definition) is 1. The van der Waals surface area contributed by atoms with E-state index < -0.39 is 0 Å². The summed E-state index contributed by atoms with van der Waals surface area (Å²) >= 11 is 6.53. The highest BCUT2D eigenvalue weighted by atomic mass is 35.5. The maximum Gasteiger partial charge on any atom is 0.179 e. The molecule has 1 aliphatic heterocycles. The van der Waals surface area contributed by atoms with Gasteiger partial charge in [0.2, 0.25) is 0 Å². The van der Waals surface area contributed by atoms with Gasteiger partial charge in [0.15, 0.2) is 11.5 Å². The average molecular weight is 383 g/mol. The van der Waals surface area contributed by atoms with Crippen molar-refractivity contribution in [1.82, 2.24) is 9.80 Å². The number of aliphatic hydroxyl groups is 1. The summed E-state index contributed by atoms with van der Waals surface area (Å²) in [5, 5.41) is 10.1. The molecule has 1 N–H and O–H groups in total. The van der Waals surface area contributed by atoms with Gasteiger partial charge in [-0.15, -0.1) is 0 Å². The Kier molecular flexibility index (Phi) is 8.22. The molecule has 1 heterocycles. The van der Waals surface area contributed by atoms with Crippen LogP contribution in [0.4, 0.5) is 0 Å².